The van der Waals surface area contributed by atoms with E-state index in [1.54, 1.807) is 20.0 Å². The van der Waals surface area contributed by atoms with Gasteiger partial charge in [0.1, 0.15) is 33.5 Å². The molecule has 3 aromatic heterocycles. The molecular weight excluding hydrogens is 615 g/mol. The molecule has 1 aromatic carbocycles. The number of unbranched alkanes of at least 4 members (excludes halogenated alkanes) is 1. The van der Waals surface area contributed by atoms with Gasteiger partial charge in [-0.15, -0.1) is 4.80 Å². The Bertz CT molecular complexity index is 1830. The van der Waals surface area contributed by atoms with Gasteiger partial charge in [-0.1, -0.05) is 24.7 Å². The van der Waals surface area contributed by atoms with Crippen molar-refractivity contribution in [2.45, 2.75) is 89.7 Å². The molecule has 4 aromatic rings. The number of thiophene rings is 1. The monoisotopic (exact) mass is 654 g/mol. The minimum Gasteiger partial charge on any atom is -0.493 e. The number of rotatable bonds is 11. The fourth-order valence-electron chi connectivity index (χ4n) is 6.37. The van der Waals surface area contributed by atoms with Crippen molar-refractivity contribution in [2.24, 2.45) is 0 Å². The number of benzene rings is 1. The average Bonchev–Trinajstić information content (AvgIpc) is 3.77. The summed E-state index contributed by atoms with van der Waals surface area (Å²) in [6, 6.07) is 3.32. The molecule has 2 aliphatic rings. The highest BCUT2D eigenvalue weighted by atomic mass is 32.1. The maximum absolute atomic E-state index is 14.9. The molecule has 1 saturated heterocycles. The van der Waals surface area contributed by atoms with Gasteiger partial charge in [0, 0.05) is 24.7 Å². The van der Waals surface area contributed by atoms with E-state index in [9.17, 15) is 23.9 Å². The zero-order valence-corrected chi connectivity index (χ0v) is 27.0. The first-order valence-electron chi connectivity index (χ1n) is 15.8. The molecule has 2 fully saturated rings. The summed E-state index contributed by atoms with van der Waals surface area (Å²) in [6.45, 7) is 4.58. The van der Waals surface area contributed by atoms with Crippen molar-refractivity contribution in [3.8, 4) is 10.8 Å². The predicted molar refractivity (Wildman–Crippen MR) is 170 cm³/mol. The number of likely N-dealkylation sites (tertiary alicyclic amines) is 1. The van der Waals surface area contributed by atoms with E-state index in [1.807, 2.05) is 6.92 Å². The summed E-state index contributed by atoms with van der Waals surface area (Å²) in [6.07, 6.45) is 5.90. The smallest absolute Gasteiger partial charge is 0.332 e. The van der Waals surface area contributed by atoms with Gasteiger partial charge in [-0.25, -0.2) is 13.8 Å². The number of ether oxygens (including phenoxy) is 2. The van der Waals surface area contributed by atoms with Gasteiger partial charge >= 0.3 is 5.69 Å². The van der Waals surface area contributed by atoms with Gasteiger partial charge in [-0.2, -0.15) is 10.2 Å². The zero-order valence-electron chi connectivity index (χ0n) is 26.2. The molecule has 1 N–H and O–H groups in total. The average molecular weight is 655 g/mol. The molecule has 246 valence electrons. The van der Waals surface area contributed by atoms with Crippen molar-refractivity contribution in [1.29, 1.82) is 0 Å². The van der Waals surface area contributed by atoms with Gasteiger partial charge < -0.3 is 19.5 Å². The number of aliphatic hydroxyl groups excluding tert-OH is 1. The highest BCUT2D eigenvalue weighted by molar-refractivity contribution is 7.21. The summed E-state index contributed by atoms with van der Waals surface area (Å²) in [5.74, 6) is -0.339. The Morgan fingerprint density at radius 3 is 2.52 bits per heavy atom. The number of hydrogen-bond acceptors (Lipinski definition) is 9. The van der Waals surface area contributed by atoms with Crippen LogP contribution < -0.4 is 16.0 Å². The van der Waals surface area contributed by atoms with Crippen LogP contribution in [0.25, 0.3) is 15.2 Å². The van der Waals surface area contributed by atoms with Crippen molar-refractivity contribution in [3.63, 3.8) is 0 Å². The molecule has 1 aliphatic carbocycles. The first-order chi connectivity index (χ1) is 22.2. The molecule has 4 heterocycles. The van der Waals surface area contributed by atoms with Crippen molar-refractivity contribution >= 4 is 27.5 Å². The number of aryl methyl sites for hydroxylation is 1. The van der Waals surface area contributed by atoms with E-state index in [2.05, 4.69) is 10.2 Å². The third-order valence-electron chi connectivity index (χ3n) is 8.95. The fraction of sp³-hybridized carbons (Fsp3) is 0.531. The third-order valence-corrected chi connectivity index (χ3v) is 10.2. The first-order valence-corrected chi connectivity index (χ1v) is 16.6. The van der Waals surface area contributed by atoms with E-state index < -0.39 is 35.3 Å². The van der Waals surface area contributed by atoms with Crippen LogP contribution in [0.5, 0.6) is 5.75 Å². The SMILES string of the molecule is CCCCOc1ccc(F)cc1[C@H](Cn1c(=O)n([C@@H]2CCN(C)C2=O)c(=O)c2c(C)c(-n3nccn3)sc21)O[C@H]1CC[C@@H](O)CC1. The molecule has 0 radical (unpaired) electrons. The maximum Gasteiger partial charge on any atom is 0.332 e. The normalized spacial score (nSPS) is 20.9. The molecule has 1 amide bonds. The van der Waals surface area contributed by atoms with E-state index in [0.717, 1.165) is 17.4 Å². The van der Waals surface area contributed by atoms with Gasteiger partial charge in [0.05, 0.1) is 43.1 Å². The van der Waals surface area contributed by atoms with Crippen molar-refractivity contribution in [2.75, 3.05) is 20.2 Å². The van der Waals surface area contributed by atoms with Crippen LogP contribution >= 0.6 is 11.3 Å². The van der Waals surface area contributed by atoms with Crippen LogP contribution in [-0.4, -0.2) is 72.4 Å². The highest BCUT2D eigenvalue weighted by Crippen LogP contribution is 2.36. The number of nitrogens with zero attached hydrogens (tertiary/aromatic N) is 6. The number of aromatic nitrogens is 5. The highest BCUT2D eigenvalue weighted by Gasteiger charge is 2.36. The topological polar surface area (TPSA) is 134 Å². The molecule has 2 atom stereocenters. The van der Waals surface area contributed by atoms with Crippen LogP contribution in [0.4, 0.5) is 4.39 Å². The number of aliphatic hydroxyl groups is 1. The van der Waals surface area contributed by atoms with Crippen LogP contribution in [0.2, 0.25) is 0 Å². The van der Waals surface area contributed by atoms with Crippen LogP contribution in [0.15, 0.2) is 40.2 Å². The van der Waals surface area contributed by atoms with Gasteiger partial charge in [0.15, 0.2) is 0 Å². The Morgan fingerprint density at radius 2 is 1.85 bits per heavy atom. The molecule has 1 aliphatic heterocycles. The molecule has 0 bridgehead atoms. The van der Waals surface area contributed by atoms with Crippen LogP contribution in [0.1, 0.15) is 75.1 Å². The minimum absolute atomic E-state index is 0.0784. The van der Waals surface area contributed by atoms with Gasteiger partial charge in [-0.3, -0.25) is 14.2 Å². The van der Waals surface area contributed by atoms with E-state index in [1.165, 1.54) is 50.1 Å². The fourth-order valence-corrected chi connectivity index (χ4v) is 7.59. The number of likely N-dealkylation sites (N-methyl/N-ethyl adjacent to an activating group) is 1. The minimum atomic E-state index is -0.951. The van der Waals surface area contributed by atoms with Gasteiger partial charge in [-0.05, 0) is 63.6 Å². The maximum atomic E-state index is 14.9. The summed E-state index contributed by atoms with van der Waals surface area (Å²) in [5, 5.41) is 19.5. The van der Waals surface area contributed by atoms with Crippen LogP contribution in [0, 0.1) is 12.7 Å². The van der Waals surface area contributed by atoms with Crippen LogP contribution in [0.3, 0.4) is 0 Å². The number of carbonyl (C=O) groups is 1. The first kappa shape index (κ1) is 32.1. The van der Waals surface area contributed by atoms with E-state index >= 15 is 0 Å². The van der Waals surface area contributed by atoms with E-state index in [-0.39, 0.29) is 23.9 Å². The number of hydrogen-bond donors (Lipinski definition) is 1. The lowest BCUT2D eigenvalue weighted by molar-refractivity contribution is -0.129. The summed E-state index contributed by atoms with van der Waals surface area (Å²) in [4.78, 5) is 45.0. The van der Waals surface area contributed by atoms with Crippen molar-refractivity contribution in [1.82, 2.24) is 29.0 Å². The molecule has 6 rings (SSSR count). The Hall–Kier alpha value is -3.88. The van der Waals surface area contributed by atoms with Crippen LogP contribution in [-0.2, 0) is 16.1 Å². The lowest BCUT2D eigenvalue weighted by Gasteiger charge is -2.31. The molecular formula is C32H39FN6O6S. The largest absolute Gasteiger partial charge is 0.493 e. The Labute approximate surface area is 269 Å². The van der Waals surface area contributed by atoms with E-state index in [4.69, 9.17) is 9.47 Å². The summed E-state index contributed by atoms with van der Waals surface area (Å²) in [7, 11) is 1.65. The molecule has 0 spiro atoms. The lowest BCUT2D eigenvalue weighted by atomic mass is 9.94. The molecule has 14 heteroatoms. The number of fused-ring (bicyclic) bond motifs is 1. The molecule has 0 unspecified atom stereocenters. The van der Waals surface area contributed by atoms with Crippen molar-refractivity contribution < 1.29 is 23.8 Å². The number of halogens is 1. The number of amides is 1. The summed E-state index contributed by atoms with van der Waals surface area (Å²) < 4.78 is 30.2. The van der Waals surface area contributed by atoms with Gasteiger partial charge in [0.2, 0.25) is 5.91 Å². The Kier molecular flexibility index (Phi) is 9.39. The van der Waals surface area contributed by atoms with E-state index in [0.29, 0.717) is 72.0 Å². The second kappa shape index (κ2) is 13.5. The lowest BCUT2D eigenvalue weighted by Crippen LogP contribution is -2.45. The second-order valence-electron chi connectivity index (χ2n) is 12.1. The third kappa shape index (κ3) is 6.13. The zero-order chi connectivity index (χ0) is 32.5. The molecule has 12 nitrogen and oxygen atoms in total. The summed E-state index contributed by atoms with van der Waals surface area (Å²) >= 11 is 1.20. The quantitative estimate of drug-likeness (QED) is 0.241. The van der Waals surface area contributed by atoms with Gasteiger partial charge in [0.25, 0.3) is 5.56 Å². The Balaban J connectivity index is 1.53. The molecule has 1 saturated carbocycles. The standard InChI is InChI=1S/C32H39FN6O6S/c1-4-5-16-44-25-11-6-20(33)17-23(25)26(45-22-9-7-21(40)8-10-22)18-37-31-27(19(2)30(46-31)39-34-13-14-35-39)29(42)38(32(37)43)24-12-15-36(3)28(24)41/h6,11,13-14,17,21-22,24,26,40H,4-5,7-10,12,15-16,18H2,1-3H3/t21-,22+,24-,26+/m1/s1. The number of carbonyl (C=O) groups excluding carboxylic acids is 1. The second-order valence-corrected chi connectivity index (χ2v) is 13.1. The predicted octanol–water partition coefficient (Wildman–Crippen LogP) is 3.90. The summed E-state index contributed by atoms with van der Waals surface area (Å²) in [5.41, 5.74) is -0.176. The van der Waals surface area contributed by atoms with Crippen molar-refractivity contribution in [3.05, 3.63) is 68.4 Å². The Morgan fingerprint density at radius 1 is 1.11 bits per heavy atom. The molecule has 46 heavy (non-hydrogen) atoms.